The molecule has 180 valence electrons. The van der Waals surface area contributed by atoms with Crippen LogP contribution in [0.25, 0.3) is 0 Å². The van der Waals surface area contributed by atoms with E-state index in [1.807, 2.05) is 39.8 Å². The Morgan fingerprint density at radius 1 is 1.12 bits per heavy atom. The van der Waals surface area contributed by atoms with Gasteiger partial charge in [0.05, 0.1) is 0 Å². The first kappa shape index (κ1) is 25.1. The van der Waals surface area contributed by atoms with Crippen LogP contribution in [0.4, 0.5) is 0 Å². The number of carboxylic acid groups (broad SMARTS) is 1. The fraction of sp³-hybridized carbons (Fsp3) is 0.583. The SMILES string of the molecule is CC(C)C[C@H](NC(=O)[C@@H](NC(=O)[C@H]1N2C(=O)c3ccccc3[C@H]2SC1(C)C)C(C)C)C(=O)O. The lowest BCUT2D eigenvalue weighted by Crippen LogP contribution is -2.59. The molecule has 2 heterocycles. The Kier molecular flexibility index (Phi) is 7.12. The standard InChI is InChI=1S/C24H33N3O5S/c1-12(2)11-16(23(31)32)25-19(28)17(13(3)4)26-20(29)18-24(5,6)33-22-15-10-8-7-9-14(15)21(30)27(18)22/h7-10,12-13,16-18,22H,11H2,1-6H3,(H,25,28)(H,26,29)(H,31,32)/t16-,17-,18+,22+/m0/s1. The van der Waals surface area contributed by atoms with Crippen LogP contribution in [0.2, 0.25) is 0 Å². The summed E-state index contributed by atoms with van der Waals surface area (Å²) in [6, 6.07) is 4.63. The number of benzene rings is 1. The first-order valence-corrected chi connectivity index (χ1v) is 12.2. The molecule has 0 bridgehead atoms. The third-order valence-electron chi connectivity index (χ3n) is 6.11. The van der Waals surface area contributed by atoms with Gasteiger partial charge in [0.2, 0.25) is 11.8 Å². The van der Waals surface area contributed by atoms with Crippen molar-refractivity contribution in [3.8, 4) is 0 Å². The zero-order chi connectivity index (χ0) is 24.7. The third-order valence-corrected chi connectivity index (χ3v) is 7.65. The zero-order valence-corrected chi connectivity index (χ0v) is 20.7. The van der Waals surface area contributed by atoms with Crippen LogP contribution in [0.5, 0.6) is 0 Å². The van der Waals surface area contributed by atoms with Crippen molar-refractivity contribution in [2.75, 3.05) is 0 Å². The predicted octanol–water partition coefficient (Wildman–Crippen LogP) is 2.79. The maximum absolute atomic E-state index is 13.5. The van der Waals surface area contributed by atoms with E-state index < -0.39 is 40.7 Å². The number of carbonyl (C=O) groups is 4. The highest BCUT2D eigenvalue weighted by Gasteiger charge is 2.57. The number of nitrogens with zero attached hydrogens (tertiary/aromatic N) is 1. The van der Waals surface area contributed by atoms with Gasteiger partial charge < -0.3 is 20.6 Å². The Morgan fingerprint density at radius 2 is 1.76 bits per heavy atom. The summed E-state index contributed by atoms with van der Waals surface area (Å²) in [5.74, 6) is -2.45. The number of rotatable bonds is 8. The monoisotopic (exact) mass is 475 g/mol. The van der Waals surface area contributed by atoms with Gasteiger partial charge in [0, 0.05) is 10.3 Å². The fourth-order valence-corrected chi connectivity index (χ4v) is 6.11. The van der Waals surface area contributed by atoms with Crippen molar-refractivity contribution in [1.29, 1.82) is 0 Å². The average molecular weight is 476 g/mol. The summed E-state index contributed by atoms with van der Waals surface area (Å²) in [6.07, 6.45) is 0.286. The van der Waals surface area contributed by atoms with E-state index in [0.717, 1.165) is 5.56 Å². The lowest BCUT2D eigenvalue weighted by molar-refractivity contribution is -0.143. The quantitative estimate of drug-likeness (QED) is 0.533. The summed E-state index contributed by atoms with van der Waals surface area (Å²) in [5.41, 5.74) is 1.49. The van der Waals surface area contributed by atoms with Crippen LogP contribution in [-0.4, -0.2) is 56.6 Å². The number of thioether (sulfide) groups is 1. The van der Waals surface area contributed by atoms with Gasteiger partial charge in [-0.15, -0.1) is 11.8 Å². The summed E-state index contributed by atoms with van der Waals surface area (Å²) in [7, 11) is 0. The first-order valence-electron chi connectivity index (χ1n) is 11.3. The highest BCUT2D eigenvalue weighted by atomic mass is 32.2. The molecule has 4 atom stereocenters. The first-order chi connectivity index (χ1) is 15.3. The number of hydrogen-bond donors (Lipinski definition) is 3. The minimum Gasteiger partial charge on any atom is -0.480 e. The Balaban J connectivity index is 1.81. The van der Waals surface area contributed by atoms with Crippen LogP contribution in [-0.2, 0) is 14.4 Å². The maximum atomic E-state index is 13.5. The molecule has 9 heteroatoms. The molecule has 1 saturated heterocycles. The molecule has 1 aromatic carbocycles. The average Bonchev–Trinajstić information content (AvgIpc) is 3.14. The van der Waals surface area contributed by atoms with Gasteiger partial charge in [-0.05, 0) is 43.7 Å². The second kappa shape index (κ2) is 9.37. The fourth-order valence-electron chi connectivity index (χ4n) is 4.53. The molecule has 2 aliphatic heterocycles. The van der Waals surface area contributed by atoms with Gasteiger partial charge in [-0.25, -0.2) is 4.79 Å². The van der Waals surface area contributed by atoms with Gasteiger partial charge in [0.15, 0.2) is 0 Å². The van der Waals surface area contributed by atoms with Gasteiger partial charge in [0.25, 0.3) is 5.91 Å². The molecule has 8 nitrogen and oxygen atoms in total. The Hall–Kier alpha value is -2.55. The van der Waals surface area contributed by atoms with Crippen molar-refractivity contribution in [1.82, 2.24) is 15.5 Å². The van der Waals surface area contributed by atoms with E-state index in [-0.39, 0.29) is 29.5 Å². The number of carbonyl (C=O) groups excluding carboxylic acids is 3. The summed E-state index contributed by atoms with van der Waals surface area (Å²) in [6.45, 7) is 11.2. The largest absolute Gasteiger partial charge is 0.480 e. The minimum absolute atomic E-state index is 0.0783. The van der Waals surface area contributed by atoms with Gasteiger partial charge in [0.1, 0.15) is 23.5 Å². The highest BCUT2D eigenvalue weighted by molar-refractivity contribution is 8.01. The molecule has 3 rings (SSSR count). The number of nitrogens with one attached hydrogen (secondary N) is 2. The molecule has 0 aliphatic carbocycles. The number of aliphatic carboxylic acids is 1. The number of fused-ring (bicyclic) bond motifs is 3. The van der Waals surface area contributed by atoms with Crippen molar-refractivity contribution < 1.29 is 24.3 Å². The molecule has 1 fully saturated rings. The lowest BCUT2D eigenvalue weighted by Gasteiger charge is -2.32. The van der Waals surface area contributed by atoms with Gasteiger partial charge in [-0.1, -0.05) is 45.9 Å². The van der Waals surface area contributed by atoms with E-state index in [1.54, 1.807) is 42.6 Å². The topological polar surface area (TPSA) is 116 Å². The van der Waals surface area contributed by atoms with Crippen molar-refractivity contribution in [3.05, 3.63) is 35.4 Å². The molecule has 1 aromatic rings. The summed E-state index contributed by atoms with van der Waals surface area (Å²) < 4.78 is -0.572. The molecule has 2 aliphatic rings. The molecule has 0 spiro atoms. The van der Waals surface area contributed by atoms with Gasteiger partial charge in [-0.3, -0.25) is 14.4 Å². The van der Waals surface area contributed by atoms with Crippen LogP contribution < -0.4 is 10.6 Å². The van der Waals surface area contributed by atoms with Crippen LogP contribution in [0.1, 0.15) is 69.3 Å². The summed E-state index contributed by atoms with van der Waals surface area (Å²) in [5, 5.41) is 14.6. The van der Waals surface area contributed by atoms with E-state index in [1.165, 1.54) is 0 Å². The van der Waals surface area contributed by atoms with Crippen molar-refractivity contribution in [3.63, 3.8) is 0 Å². The number of amides is 3. The summed E-state index contributed by atoms with van der Waals surface area (Å²) >= 11 is 1.55. The molecule has 3 N–H and O–H groups in total. The number of hydrogen-bond acceptors (Lipinski definition) is 5. The Labute approximate surface area is 198 Å². The van der Waals surface area contributed by atoms with Gasteiger partial charge >= 0.3 is 5.97 Å². The molecule has 0 saturated carbocycles. The van der Waals surface area contributed by atoms with Crippen LogP contribution in [0.15, 0.2) is 24.3 Å². The number of carboxylic acids is 1. The minimum atomic E-state index is -1.11. The second-order valence-electron chi connectivity index (χ2n) is 10.0. The maximum Gasteiger partial charge on any atom is 0.326 e. The molecular formula is C24H33N3O5S. The van der Waals surface area contributed by atoms with Crippen molar-refractivity contribution in [2.45, 2.75) is 76.2 Å². The summed E-state index contributed by atoms with van der Waals surface area (Å²) in [4.78, 5) is 52.8. The van der Waals surface area contributed by atoms with E-state index >= 15 is 0 Å². The normalized spacial score (nSPS) is 22.7. The van der Waals surface area contributed by atoms with Crippen LogP contribution in [0.3, 0.4) is 0 Å². The van der Waals surface area contributed by atoms with E-state index in [0.29, 0.717) is 5.56 Å². The van der Waals surface area contributed by atoms with E-state index in [9.17, 15) is 24.3 Å². The highest BCUT2D eigenvalue weighted by Crippen LogP contribution is 2.56. The molecule has 0 radical (unpaired) electrons. The smallest absolute Gasteiger partial charge is 0.326 e. The van der Waals surface area contributed by atoms with E-state index in [4.69, 9.17) is 0 Å². The predicted molar refractivity (Wildman–Crippen MR) is 127 cm³/mol. The second-order valence-corrected chi connectivity index (χ2v) is 11.8. The lowest BCUT2D eigenvalue weighted by atomic mass is 9.97. The van der Waals surface area contributed by atoms with Crippen LogP contribution in [0, 0.1) is 11.8 Å². The van der Waals surface area contributed by atoms with Crippen LogP contribution >= 0.6 is 11.8 Å². The molecule has 33 heavy (non-hydrogen) atoms. The molecular weight excluding hydrogens is 442 g/mol. The van der Waals surface area contributed by atoms with E-state index in [2.05, 4.69) is 10.6 Å². The molecule has 0 unspecified atom stereocenters. The molecule has 0 aromatic heterocycles. The van der Waals surface area contributed by atoms with Crippen molar-refractivity contribution in [2.24, 2.45) is 11.8 Å². The van der Waals surface area contributed by atoms with Gasteiger partial charge in [-0.2, -0.15) is 0 Å². The van der Waals surface area contributed by atoms with Crippen molar-refractivity contribution >= 4 is 35.5 Å². The third kappa shape index (κ3) is 4.88. The zero-order valence-electron chi connectivity index (χ0n) is 19.9. The molecule has 3 amide bonds. The Bertz CT molecular complexity index is 961. The Morgan fingerprint density at radius 3 is 2.33 bits per heavy atom.